The Hall–Kier alpha value is -1.33. The molecule has 5 heteroatoms. The zero-order valence-corrected chi connectivity index (χ0v) is 8.19. The van der Waals surface area contributed by atoms with Crippen LogP contribution < -0.4 is 10.2 Å². The van der Waals surface area contributed by atoms with Crippen LogP contribution in [0.3, 0.4) is 0 Å². The average Bonchev–Trinajstić information content (AvgIpc) is 2.18. The van der Waals surface area contributed by atoms with E-state index in [1.54, 1.807) is 6.08 Å². The summed E-state index contributed by atoms with van der Waals surface area (Å²) in [5.41, 5.74) is 0.153. The van der Waals surface area contributed by atoms with E-state index in [-0.39, 0.29) is 11.2 Å². The van der Waals surface area contributed by atoms with Crippen molar-refractivity contribution in [3.8, 4) is 5.75 Å². The molecule has 0 atom stereocenters. The summed E-state index contributed by atoms with van der Waals surface area (Å²) in [6.45, 7) is 3.84. The Kier molecular flexibility index (Phi) is 4.33. The van der Waals surface area contributed by atoms with Crippen LogP contribution >= 0.6 is 0 Å². The largest absolute Gasteiger partial charge is 0.494 e. The monoisotopic (exact) mass is 210 g/mol. The summed E-state index contributed by atoms with van der Waals surface area (Å²) in [5, 5.41) is 18.0. The Bertz CT molecular complexity index is 341. The van der Waals surface area contributed by atoms with Crippen LogP contribution in [0, 0.1) is 5.82 Å². The first-order valence-corrected chi connectivity index (χ1v) is 4.54. The van der Waals surface area contributed by atoms with Crippen molar-refractivity contribution in [1.29, 1.82) is 0 Å². The van der Waals surface area contributed by atoms with Gasteiger partial charge < -0.3 is 14.8 Å². The van der Waals surface area contributed by atoms with E-state index in [0.29, 0.717) is 13.0 Å². The second kappa shape index (κ2) is 5.53. The lowest BCUT2D eigenvalue weighted by Gasteiger charge is -2.10. The molecular formula is C10H12BFO3. The van der Waals surface area contributed by atoms with Gasteiger partial charge >= 0.3 is 7.12 Å². The van der Waals surface area contributed by atoms with Gasteiger partial charge in [-0.15, -0.1) is 6.58 Å². The minimum atomic E-state index is -1.66. The average molecular weight is 210 g/mol. The molecule has 1 aromatic rings. The summed E-state index contributed by atoms with van der Waals surface area (Å²) in [5.74, 6) is -0.333. The molecule has 3 nitrogen and oxygen atoms in total. The number of halogens is 1. The van der Waals surface area contributed by atoms with Gasteiger partial charge in [0, 0.05) is 11.5 Å². The number of ether oxygens (including phenoxy) is 1. The van der Waals surface area contributed by atoms with E-state index in [9.17, 15) is 4.39 Å². The first-order chi connectivity index (χ1) is 7.15. The Balaban J connectivity index is 2.82. The number of hydrogen-bond donors (Lipinski definition) is 2. The molecule has 0 aliphatic carbocycles. The van der Waals surface area contributed by atoms with Gasteiger partial charge in [0.2, 0.25) is 0 Å². The van der Waals surface area contributed by atoms with Gasteiger partial charge in [-0.3, -0.25) is 0 Å². The summed E-state index contributed by atoms with van der Waals surface area (Å²) in [6.07, 6.45) is 2.27. The van der Waals surface area contributed by atoms with Crippen molar-refractivity contribution in [2.45, 2.75) is 6.42 Å². The predicted molar refractivity (Wildman–Crippen MR) is 56.5 cm³/mol. The molecule has 80 valence electrons. The van der Waals surface area contributed by atoms with Gasteiger partial charge in [-0.25, -0.2) is 4.39 Å². The van der Waals surface area contributed by atoms with E-state index in [1.807, 2.05) is 0 Å². The molecule has 2 N–H and O–H groups in total. The quantitative estimate of drug-likeness (QED) is 0.421. The predicted octanol–water partition coefficient (Wildman–Crippen LogP) is 0.460. The van der Waals surface area contributed by atoms with Crippen LogP contribution in [0.2, 0.25) is 0 Å². The van der Waals surface area contributed by atoms with E-state index in [0.717, 1.165) is 12.1 Å². The van der Waals surface area contributed by atoms with E-state index < -0.39 is 12.9 Å². The molecule has 0 amide bonds. The third kappa shape index (κ3) is 3.38. The van der Waals surface area contributed by atoms with Gasteiger partial charge in [-0.05, 0) is 12.5 Å². The van der Waals surface area contributed by atoms with Gasteiger partial charge in [-0.2, -0.15) is 0 Å². The van der Waals surface area contributed by atoms with Gasteiger partial charge in [0.25, 0.3) is 0 Å². The normalized spacial score (nSPS) is 9.80. The molecule has 0 aromatic heterocycles. The lowest BCUT2D eigenvalue weighted by molar-refractivity contribution is 0.323. The summed E-state index contributed by atoms with van der Waals surface area (Å²) >= 11 is 0. The van der Waals surface area contributed by atoms with E-state index in [4.69, 9.17) is 14.8 Å². The van der Waals surface area contributed by atoms with Crippen molar-refractivity contribution < 1.29 is 19.2 Å². The second-order valence-electron chi connectivity index (χ2n) is 2.98. The molecule has 1 aromatic carbocycles. The van der Waals surface area contributed by atoms with Crippen LogP contribution in [-0.2, 0) is 0 Å². The van der Waals surface area contributed by atoms with E-state index >= 15 is 0 Å². The molecule has 0 fully saturated rings. The Labute approximate surface area is 88.0 Å². The van der Waals surface area contributed by atoms with E-state index in [2.05, 4.69) is 6.58 Å². The summed E-state index contributed by atoms with van der Waals surface area (Å²) in [4.78, 5) is 0. The van der Waals surface area contributed by atoms with Gasteiger partial charge in [0.1, 0.15) is 11.6 Å². The molecule has 0 spiro atoms. The van der Waals surface area contributed by atoms with Crippen LogP contribution in [0.5, 0.6) is 5.75 Å². The Morgan fingerprint density at radius 1 is 1.47 bits per heavy atom. The molecular weight excluding hydrogens is 198 g/mol. The first-order valence-electron chi connectivity index (χ1n) is 4.54. The molecule has 15 heavy (non-hydrogen) atoms. The number of hydrogen-bond acceptors (Lipinski definition) is 3. The van der Waals surface area contributed by atoms with Crippen LogP contribution in [0.4, 0.5) is 4.39 Å². The molecule has 0 saturated heterocycles. The fraction of sp³-hybridized carbons (Fsp3) is 0.200. The molecule has 0 aliphatic heterocycles. The van der Waals surface area contributed by atoms with Crippen molar-refractivity contribution in [3.63, 3.8) is 0 Å². The number of benzene rings is 1. The van der Waals surface area contributed by atoms with Gasteiger partial charge in [0.15, 0.2) is 0 Å². The smallest absolute Gasteiger partial charge is 0.492 e. The summed E-state index contributed by atoms with van der Waals surface area (Å²) in [7, 11) is -1.66. The molecule has 0 bridgehead atoms. The Morgan fingerprint density at radius 3 is 2.80 bits per heavy atom. The fourth-order valence-electron chi connectivity index (χ4n) is 1.10. The van der Waals surface area contributed by atoms with Crippen LogP contribution in [0.25, 0.3) is 0 Å². The maximum atomic E-state index is 12.9. The first kappa shape index (κ1) is 11.7. The maximum Gasteiger partial charge on any atom is 0.492 e. The molecule has 0 aliphatic rings. The van der Waals surface area contributed by atoms with Crippen LogP contribution in [0.15, 0.2) is 30.9 Å². The van der Waals surface area contributed by atoms with Crippen LogP contribution in [-0.4, -0.2) is 23.8 Å². The zero-order chi connectivity index (χ0) is 11.3. The third-order valence-corrected chi connectivity index (χ3v) is 1.83. The second-order valence-corrected chi connectivity index (χ2v) is 2.98. The van der Waals surface area contributed by atoms with Crippen molar-refractivity contribution in [2.75, 3.05) is 6.61 Å². The highest BCUT2D eigenvalue weighted by molar-refractivity contribution is 6.59. The minimum absolute atomic E-state index is 0.145. The van der Waals surface area contributed by atoms with E-state index in [1.165, 1.54) is 6.07 Å². The summed E-state index contributed by atoms with van der Waals surface area (Å²) in [6, 6.07) is 3.55. The highest BCUT2D eigenvalue weighted by Gasteiger charge is 2.17. The van der Waals surface area contributed by atoms with Crippen molar-refractivity contribution >= 4 is 12.6 Å². The zero-order valence-electron chi connectivity index (χ0n) is 8.19. The Morgan fingerprint density at radius 2 is 2.20 bits per heavy atom. The molecule has 0 saturated carbocycles. The van der Waals surface area contributed by atoms with Crippen molar-refractivity contribution in [3.05, 3.63) is 36.7 Å². The molecule has 0 unspecified atom stereocenters. The molecule has 0 heterocycles. The van der Waals surface area contributed by atoms with Gasteiger partial charge in [0.05, 0.1) is 6.61 Å². The molecule has 0 radical (unpaired) electrons. The highest BCUT2D eigenvalue weighted by Crippen LogP contribution is 2.10. The van der Waals surface area contributed by atoms with Gasteiger partial charge in [-0.1, -0.05) is 12.1 Å². The fourth-order valence-corrected chi connectivity index (χ4v) is 1.10. The van der Waals surface area contributed by atoms with Crippen molar-refractivity contribution in [1.82, 2.24) is 0 Å². The topological polar surface area (TPSA) is 49.7 Å². The maximum absolute atomic E-state index is 12.9. The van der Waals surface area contributed by atoms with Crippen LogP contribution in [0.1, 0.15) is 6.42 Å². The number of rotatable bonds is 5. The van der Waals surface area contributed by atoms with Crippen molar-refractivity contribution in [2.24, 2.45) is 0 Å². The lowest BCUT2D eigenvalue weighted by Crippen LogP contribution is -2.31. The standard InChI is InChI=1S/C10H12BFO3/c1-2-3-6-15-10-7-8(12)4-5-9(10)11(13)14/h2,4-5,7,13-14H,1,3,6H2. The third-order valence-electron chi connectivity index (χ3n) is 1.83. The summed E-state index contributed by atoms with van der Waals surface area (Å²) < 4.78 is 18.0. The molecule has 1 rings (SSSR count). The lowest BCUT2D eigenvalue weighted by atomic mass is 9.79. The SMILES string of the molecule is C=CCCOc1cc(F)ccc1B(O)O. The minimum Gasteiger partial charge on any atom is -0.494 e. The highest BCUT2D eigenvalue weighted by atomic mass is 19.1.